The summed E-state index contributed by atoms with van der Waals surface area (Å²) >= 11 is 0. The Morgan fingerprint density at radius 3 is 2.48 bits per heavy atom. The van der Waals surface area contributed by atoms with Crippen LogP contribution < -0.4 is 16.0 Å². The molecule has 0 atom stereocenters. The summed E-state index contributed by atoms with van der Waals surface area (Å²) < 4.78 is 13.4. The molecule has 0 unspecified atom stereocenters. The monoisotopic (exact) mass is 398 g/mol. The van der Waals surface area contributed by atoms with E-state index in [4.69, 9.17) is 9.47 Å². The van der Waals surface area contributed by atoms with Crippen LogP contribution in [0.1, 0.15) is 0 Å². The highest BCUT2D eigenvalue weighted by molar-refractivity contribution is 5.71. The number of hydrogen-bond donors (Lipinski definition) is 0. The van der Waals surface area contributed by atoms with Gasteiger partial charge in [0.15, 0.2) is 17.0 Å². The lowest BCUT2D eigenvalue weighted by Crippen LogP contribution is -2.38. The van der Waals surface area contributed by atoms with Gasteiger partial charge in [0.05, 0.1) is 13.2 Å². The van der Waals surface area contributed by atoms with Gasteiger partial charge < -0.3 is 9.47 Å². The molecule has 0 N–H and O–H groups in total. The zero-order valence-electron chi connectivity index (χ0n) is 16.4. The Morgan fingerprint density at radius 2 is 1.76 bits per heavy atom. The van der Waals surface area contributed by atoms with E-state index in [1.807, 2.05) is 24.3 Å². The molecule has 10 nitrogen and oxygen atoms in total. The standard InChI is InChI=1S/C19H22N6O4/c1-23-17-15(18(26)24(2)19(23)27)20-16(21-22-17)13-3-5-14(6-4-13)29-12-9-25-7-10-28-11-8-25/h3-6H,7-12H2,1-2H3. The third-order valence-electron chi connectivity index (χ3n) is 4.96. The molecule has 0 bridgehead atoms. The molecular weight excluding hydrogens is 376 g/mol. The minimum absolute atomic E-state index is 0.102. The molecule has 1 saturated heterocycles. The fraction of sp³-hybridized carbons (Fsp3) is 0.421. The van der Waals surface area contributed by atoms with Crippen molar-refractivity contribution >= 4 is 11.2 Å². The van der Waals surface area contributed by atoms with Crippen LogP contribution in [0.25, 0.3) is 22.6 Å². The van der Waals surface area contributed by atoms with Crippen molar-refractivity contribution < 1.29 is 9.47 Å². The molecule has 4 rings (SSSR count). The molecule has 1 aromatic carbocycles. The van der Waals surface area contributed by atoms with E-state index in [1.54, 1.807) is 0 Å². The molecule has 29 heavy (non-hydrogen) atoms. The first-order valence-corrected chi connectivity index (χ1v) is 9.38. The predicted molar refractivity (Wildman–Crippen MR) is 106 cm³/mol. The van der Waals surface area contributed by atoms with Crippen molar-refractivity contribution in [3.05, 3.63) is 45.1 Å². The van der Waals surface area contributed by atoms with Crippen molar-refractivity contribution in [3.8, 4) is 17.1 Å². The molecule has 0 radical (unpaired) electrons. The summed E-state index contributed by atoms with van der Waals surface area (Å²) in [6.45, 7) is 4.85. The van der Waals surface area contributed by atoms with Gasteiger partial charge in [-0.2, -0.15) is 0 Å². The Morgan fingerprint density at radius 1 is 1.03 bits per heavy atom. The lowest BCUT2D eigenvalue weighted by atomic mass is 10.2. The van der Waals surface area contributed by atoms with Crippen LogP contribution in [0.15, 0.2) is 33.9 Å². The van der Waals surface area contributed by atoms with Crippen molar-refractivity contribution in [1.82, 2.24) is 29.2 Å². The predicted octanol–water partition coefficient (Wildman–Crippen LogP) is -0.200. The average Bonchev–Trinajstić information content (AvgIpc) is 2.77. The molecule has 10 heteroatoms. The summed E-state index contributed by atoms with van der Waals surface area (Å²) in [5.41, 5.74) is -0.00145. The smallest absolute Gasteiger partial charge is 0.332 e. The first-order chi connectivity index (χ1) is 14.0. The van der Waals surface area contributed by atoms with Gasteiger partial charge in [0.1, 0.15) is 12.4 Å². The van der Waals surface area contributed by atoms with Crippen molar-refractivity contribution in [2.45, 2.75) is 0 Å². The highest BCUT2D eigenvalue weighted by atomic mass is 16.5. The van der Waals surface area contributed by atoms with Gasteiger partial charge >= 0.3 is 5.69 Å². The number of hydrogen-bond acceptors (Lipinski definition) is 8. The van der Waals surface area contributed by atoms with Crippen LogP contribution in [0.2, 0.25) is 0 Å². The summed E-state index contributed by atoms with van der Waals surface area (Å²) in [7, 11) is 2.94. The fourth-order valence-corrected chi connectivity index (χ4v) is 3.19. The van der Waals surface area contributed by atoms with Gasteiger partial charge in [-0.3, -0.25) is 18.8 Å². The summed E-state index contributed by atoms with van der Waals surface area (Å²) in [5, 5.41) is 8.11. The Balaban J connectivity index is 1.50. The first-order valence-electron chi connectivity index (χ1n) is 9.38. The topological polar surface area (TPSA) is 104 Å². The number of nitrogens with zero attached hydrogens (tertiary/aromatic N) is 6. The molecule has 1 aliphatic rings. The number of benzene rings is 1. The SMILES string of the molecule is Cn1c(=O)c2nc(-c3ccc(OCCN4CCOCC4)cc3)nnc2n(C)c1=O. The molecule has 0 spiro atoms. The second-order valence-electron chi connectivity index (χ2n) is 6.84. The fourth-order valence-electron chi connectivity index (χ4n) is 3.19. The Labute approximate surface area is 166 Å². The van der Waals surface area contributed by atoms with E-state index in [-0.39, 0.29) is 11.2 Å². The van der Waals surface area contributed by atoms with E-state index in [0.29, 0.717) is 18.0 Å². The number of morpholine rings is 1. The number of aromatic nitrogens is 5. The lowest BCUT2D eigenvalue weighted by molar-refractivity contribution is 0.0322. The average molecular weight is 398 g/mol. The van der Waals surface area contributed by atoms with Gasteiger partial charge in [0, 0.05) is 39.3 Å². The normalized spacial score (nSPS) is 15.0. The van der Waals surface area contributed by atoms with Crippen LogP contribution in [0.4, 0.5) is 0 Å². The number of aryl methyl sites for hydroxylation is 1. The maximum absolute atomic E-state index is 12.4. The molecule has 0 aliphatic carbocycles. The highest BCUT2D eigenvalue weighted by Crippen LogP contribution is 2.19. The van der Waals surface area contributed by atoms with Gasteiger partial charge in [0.2, 0.25) is 0 Å². The van der Waals surface area contributed by atoms with Gasteiger partial charge in [-0.15, -0.1) is 10.2 Å². The van der Waals surface area contributed by atoms with Crippen molar-refractivity contribution in [2.75, 3.05) is 39.5 Å². The summed E-state index contributed by atoms with van der Waals surface area (Å²) in [6.07, 6.45) is 0. The molecular formula is C19H22N6O4. The number of rotatable bonds is 5. The van der Waals surface area contributed by atoms with Crippen molar-refractivity contribution in [1.29, 1.82) is 0 Å². The molecule has 0 amide bonds. The Bertz CT molecular complexity index is 1130. The van der Waals surface area contributed by atoms with Gasteiger partial charge in [-0.05, 0) is 24.3 Å². The van der Waals surface area contributed by atoms with E-state index >= 15 is 0 Å². The van der Waals surface area contributed by atoms with Crippen LogP contribution in [-0.2, 0) is 18.8 Å². The van der Waals surface area contributed by atoms with E-state index in [1.165, 1.54) is 18.7 Å². The molecule has 1 aliphatic heterocycles. The van der Waals surface area contributed by atoms with Crippen molar-refractivity contribution in [3.63, 3.8) is 0 Å². The maximum Gasteiger partial charge on any atom is 0.332 e. The molecule has 1 fully saturated rings. The first kappa shape index (κ1) is 19.2. The Kier molecular flexibility index (Phi) is 5.36. The molecule has 152 valence electrons. The van der Waals surface area contributed by atoms with Gasteiger partial charge in [-0.25, -0.2) is 9.78 Å². The lowest BCUT2D eigenvalue weighted by Gasteiger charge is -2.26. The van der Waals surface area contributed by atoms with E-state index in [9.17, 15) is 9.59 Å². The number of fused-ring (bicyclic) bond motifs is 1. The minimum atomic E-state index is -0.498. The van der Waals surface area contributed by atoms with Crippen LogP contribution in [0.3, 0.4) is 0 Å². The minimum Gasteiger partial charge on any atom is -0.492 e. The highest BCUT2D eigenvalue weighted by Gasteiger charge is 2.14. The largest absolute Gasteiger partial charge is 0.492 e. The zero-order chi connectivity index (χ0) is 20.4. The molecule has 0 saturated carbocycles. The Hall–Kier alpha value is -3.11. The second-order valence-corrected chi connectivity index (χ2v) is 6.84. The molecule has 3 aromatic rings. The molecule has 2 aromatic heterocycles. The number of ether oxygens (including phenoxy) is 2. The van der Waals surface area contributed by atoms with Crippen LogP contribution in [0.5, 0.6) is 5.75 Å². The van der Waals surface area contributed by atoms with Gasteiger partial charge in [-0.1, -0.05) is 0 Å². The molecule has 3 heterocycles. The van der Waals surface area contributed by atoms with E-state index in [2.05, 4.69) is 20.1 Å². The van der Waals surface area contributed by atoms with Crippen LogP contribution >= 0.6 is 0 Å². The van der Waals surface area contributed by atoms with Gasteiger partial charge in [0.25, 0.3) is 5.56 Å². The summed E-state index contributed by atoms with van der Waals surface area (Å²) in [5.74, 6) is 1.06. The van der Waals surface area contributed by atoms with Crippen LogP contribution in [-0.4, -0.2) is 68.7 Å². The zero-order valence-corrected chi connectivity index (χ0v) is 16.4. The van der Waals surface area contributed by atoms with E-state index < -0.39 is 11.2 Å². The summed E-state index contributed by atoms with van der Waals surface area (Å²) in [6, 6.07) is 7.31. The third kappa shape index (κ3) is 3.89. The third-order valence-corrected chi connectivity index (χ3v) is 4.96. The quantitative estimate of drug-likeness (QED) is 0.582. The second kappa shape index (κ2) is 8.10. The van der Waals surface area contributed by atoms with Crippen molar-refractivity contribution in [2.24, 2.45) is 14.1 Å². The van der Waals surface area contributed by atoms with E-state index in [0.717, 1.165) is 43.2 Å². The summed E-state index contributed by atoms with van der Waals surface area (Å²) in [4.78, 5) is 31.0. The maximum atomic E-state index is 12.4. The van der Waals surface area contributed by atoms with Crippen LogP contribution in [0, 0.1) is 0 Å².